The Morgan fingerprint density at radius 2 is 1.84 bits per heavy atom. The summed E-state index contributed by atoms with van der Waals surface area (Å²) in [5.74, 6) is 4.52. The van der Waals surface area contributed by atoms with Gasteiger partial charge in [0.2, 0.25) is 0 Å². The van der Waals surface area contributed by atoms with Gasteiger partial charge in [-0.25, -0.2) is 0 Å². The van der Waals surface area contributed by atoms with Gasteiger partial charge in [-0.1, -0.05) is 6.07 Å². The molecule has 0 radical (unpaired) electrons. The maximum Gasteiger partial charge on any atom is 0.128 e. The molecule has 6 rings (SSSR count). The number of benzene rings is 1. The fourth-order valence-corrected chi connectivity index (χ4v) is 5.96. The van der Waals surface area contributed by atoms with Gasteiger partial charge >= 0.3 is 0 Å². The van der Waals surface area contributed by atoms with E-state index < -0.39 is 6.10 Å². The summed E-state index contributed by atoms with van der Waals surface area (Å²) >= 11 is 0. The van der Waals surface area contributed by atoms with Crippen LogP contribution in [0, 0.1) is 23.7 Å². The molecule has 4 fully saturated rings. The van der Waals surface area contributed by atoms with Crippen LogP contribution in [0.25, 0.3) is 10.9 Å². The summed E-state index contributed by atoms with van der Waals surface area (Å²) < 4.78 is 5.89. The smallest absolute Gasteiger partial charge is 0.128 e. The third-order valence-electron chi connectivity index (χ3n) is 6.80. The number of hydrogen-bond donors (Lipinski definition) is 3. The van der Waals surface area contributed by atoms with Gasteiger partial charge in [0.05, 0.1) is 0 Å². The van der Waals surface area contributed by atoms with Crippen LogP contribution in [0.3, 0.4) is 0 Å². The molecule has 2 aromatic rings. The predicted octanol–water partition coefficient (Wildman–Crippen LogP) is 3.32. The van der Waals surface area contributed by atoms with E-state index in [2.05, 4.69) is 10.3 Å². The van der Waals surface area contributed by atoms with Crippen LogP contribution >= 0.6 is 0 Å². The molecule has 1 atom stereocenters. The minimum atomic E-state index is -0.466. The molecule has 1 aromatic heterocycles. The normalized spacial score (nSPS) is 34.5. The first-order valence-electron chi connectivity index (χ1n) is 9.86. The van der Waals surface area contributed by atoms with E-state index in [9.17, 15) is 5.11 Å². The molecule has 3 N–H and O–H groups in total. The molecule has 4 aliphatic carbocycles. The standard InChI is InChI=1S/C21H28N2O2/c24-17(12-25-20-3-1-2-19-18(20)4-5-22-19)11-23-21-15-7-13-6-14(9-15)10-16(21)8-13/h1-5,13-17,21-24H,6-12H2/t13?,14?,15?,16?,17-,21?/m0/s1. The first-order chi connectivity index (χ1) is 12.3. The van der Waals surface area contributed by atoms with Gasteiger partial charge in [-0.2, -0.15) is 0 Å². The van der Waals surface area contributed by atoms with Crippen molar-refractivity contribution in [1.29, 1.82) is 0 Å². The maximum absolute atomic E-state index is 10.4. The molecule has 1 heterocycles. The van der Waals surface area contributed by atoms with E-state index in [-0.39, 0.29) is 0 Å². The Hall–Kier alpha value is -1.52. The average Bonchev–Trinajstić information content (AvgIpc) is 3.08. The zero-order valence-corrected chi connectivity index (χ0v) is 14.7. The molecule has 0 spiro atoms. The predicted molar refractivity (Wildman–Crippen MR) is 98.6 cm³/mol. The molecular weight excluding hydrogens is 312 g/mol. The summed E-state index contributed by atoms with van der Waals surface area (Å²) in [6, 6.07) is 8.62. The topological polar surface area (TPSA) is 57.3 Å². The zero-order chi connectivity index (χ0) is 16.8. The number of rotatable bonds is 6. The van der Waals surface area contributed by atoms with Gasteiger partial charge < -0.3 is 20.1 Å². The van der Waals surface area contributed by atoms with Crippen molar-refractivity contribution in [3.8, 4) is 5.75 Å². The van der Waals surface area contributed by atoms with Crippen LogP contribution in [0.1, 0.15) is 32.1 Å². The monoisotopic (exact) mass is 340 g/mol. The lowest BCUT2D eigenvalue weighted by molar-refractivity contribution is -0.0188. The van der Waals surface area contributed by atoms with Crippen LogP contribution in [0.4, 0.5) is 0 Å². The highest BCUT2D eigenvalue weighted by Crippen LogP contribution is 2.53. The SMILES string of the molecule is O[C@@H](CNC1C2CC3CC(C2)CC1C3)COc1cccc2[nH]ccc12. The third kappa shape index (κ3) is 2.96. The summed E-state index contributed by atoms with van der Waals surface area (Å²) in [7, 11) is 0. The van der Waals surface area contributed by atoms with Crippen LogP contribution in [0.5, 0.6) is 5.75 Å². The second-order valence-electron chi connectivity index (χ2n) is 8.52. The highest BCUT2D eigenvalue weighted by molar-refractivity contribution is 5.85. The molecule has 0 amide bonds. The molecule has 0 aliphatic heterocycles. The van der Waals surface area contributed by atoms with Crippen molar-refractivity contribution in [1.82, 2.24) is 10.3 Å². The fraction of sp³-hybridized carbons (Fsp3) is 0.619. The van der Waals surface area contributed by atoms with Gasteiger partial charge in [-0.05, 0) is 74.0 Å². The molecule has 134 valence electrons. The van der Waals surface area contributed by atoms with Crippen LogP contribution in [0.2, 0.25) is 0 Å². The molecule has 25 heavy (non-hydrogen) atoms. The lowest BCUT2D eigenvalue weighted by Gasteiger charge is -2.54. The Morgan fingerprint density at radius 1 is 1.08 bits per heavy atom. The lowest BCUT2D eigenvalue weighted by atomic mass is 9.54. The highest BCUT2D eigenvalue weighted by Gasteiger charge is 2.47. The van der Waals surface area contributed by atoms with Crippen molar-refractivity contribution in [3.05, 3.63) is 30.5 Å². The molecule has 0 unspecified atom stereocenters. The Balaban J connectivity index is 1.15. The van der Waals surface area contributed by atoms with Gasteiger partial charge in [0.15, 0.2) is 0 Å². The minimum Gasteiger partial charge on any atom is -0.490 e. The summed E-state index contributed by atoms with van der Waals surface area (Å²) in [6.45, 7) is 0.973. The third-order valence-corrected chi connectivity index (χ3v) is 6.80. The molecule has 4 nitrogen and oxygen atoms in total. The molecule has 4 aliphatic rings. The van der Waals surface area contributed by atoms with E-state index in [4.69, 9.17) is 4.74 Å². The van der Waals surface area contributed by atoms with Crippen LogP contribution in [0.15, 0.2) is 30.5 Å². The number of nitrogens with one attached hydrogen (secondary N) is 2. The quantitative estimate of drug-likeness (QED) is 0.756. The molecule has 1 aromatic carbocycles. The summed E-state index contributed by atoms with van der Waals surface area (Å²) in [5.41, 5.74) is 1.07. The molecule has 4 bridgehead atoms. The molecule has 4 heteroatoms. The number of ether oxygens (including phenoxy) is 1. The van der Waals surface area contributed by atoms with E-state index in [1.165, 1.54) is 32.1 Å². The number of H-pyrrole nitrogens is 1. The van der Waals surface area contributed by atoms with Crippen molar-refractivity contribution in [2.24, 2.45) is 23.7 Å². The van der Waals surface area contributed by atoms with Crippen molar-refractivity contribution >= 4 is 10.9 Å². The number of aromatic nitrogens is 1. The lowest BCUT2D eigenvalue weighted by Crippen LogP contribution is -2.55. The van der Waals surface area contributed by atoms with Crippen LogP contribution in [-0.2, 0) is 0 Å². The van der Waals surface area contributed by atoms with Gasteiger partial charge in [-0.3, -0.25) is 0 Å². The van der Waals surface area contributed by atoms with Gasteiger partial charge in [0.1, 0.15) is 18.5 Å². The highest BCUT2D eigenvalue weighted by atomic mass is 16.5. The largest absolute Gasteiger partial charge is 0.490 e. The van der Waals surface area contributed by atoms with E-state index in [0.29, 0.717) is 19.2 Å². The molecule has 0 saturated heterocycles. The Morgan fingerprint density at radius 3 is 2.60 bits per heavy atom. The number of aromatic amines is 1. The summed E-state index contributed by atoms with van der Waals surface area (Å²) in [4.78, 5) is 3.19. The first-order valence-corrected chi connectivity index (χ1v) is 9.86. The second kappa shape index (κ2) is 6.33. The fourth-order valence-electron chi connectivity index (χ4n) is 5.96. The number of fused-ring (bicyclic) bond motifs is 1. The number of aliphatic hydroxyl groups is 1. The van der Waals surface area contributed by atoms with Crippen molar-refractivity contribution < 1.29 is 9.84 Å². The molecule has 4 saturated carbocycles. The number of aliphatic hydroxyl groups excluding tert-OH is 1. The van der Waals surface area contributed by atoms with Crippen LogP contribution in [-0.4, -0.2) is 35.4 Å². The Labute approximate surface area is 149 Å². The Bertz CT molecular complexity index is 712. The first kappa shape index (κ1) is 15.7. The van der Waals surface area contributed by atoms with Crippen molar-refractivity contribution in [3.63, 3.8) is 0 Å². The van der Waals surface area contributed by atoms with Gasteiger partial charge in [0.25, 0.3) is 0 Å². The minimum absolute atomic E-state index is 0.338. The maximum atomic E-state index is 10.4. The van der Waals surface area contributed by atoms with Crippen molar-refractivity contribution in [2.75, 3.05) is 13.2 Å². The Kier molecular flexibility index (Phi) is 3.98. The van der Waals surface area contributed by atoms with E-state index >= 15 is 0 Å². The van der Waals surface area contributed by atoms with Gasteiger partial charge in [-0.15, -0.1) is 0 Å². The summed E-state index contributed by atoms with van der Waals surface area (Å²) in [5, 5.41) is 15.2. The number of hydrogen-bond acceptors (Lipinski definition) is 3. The van der Waals surface area contributed by atoms with E-state index in [1.54, 1.807) is 0 Å². The van der Waals surface area contributed by atoms with Crippen molar-refractivity contribution in [2.45, 2.75) is 44.2 Å². The zero-order valence-electron chi connectivity index (χ0n) is 14.7. The molecular formula is C21H28N2O2. The van der Waals surface area contributed by atoms with E-state index in [1.807, 2.05) is 30.5 Å². The van der Waals surface area contributed by atoms with Crippen LogP contribution < -0.4 is 10.1 Å². The summed E-state index contributed by atoms with van der Waals surface area (Å²) in [6.07, 6.45) is 8.58. The second-order valence-corrected chi connectivity index (χ2v) is 8.52. The van der Waals surface area contributed by atoms with Gasteiger partial charge in [0, 0.05) is 29.7 Å². The van der Waals surface area contributed by atoms with E-state index in [0.717, 1.165) is 40.3 Å². The average molecular weight is 340 g/mol.